The van der Waals surface area contributed by atoms with Crippen LogP contribution in [0.1, 0.15) is 26.3 Å². The van der Waals surface area contributed by atoms with Gasteiger partial charge in [0, 0.05) is 24.1 Å². The second kappa shape index (κ2) is 4.39. The molecule has 4 heteroatoms. The van der Waals surface area contributed by atoms with Crippen LogP contribution >= 0.6 is 11.6 Å². The second-order valence-corrected chi connectivity index (χ2v) is 5.75. The number of pyridine rings is 1. The summed E-state index contributed by atoms with van der Waals surface area (Å²) in [6.07, 6.45) is 0. The number of anilines is 1. The van der Waals surface area contributed by atoms with Crippen LogP contribution in [0.2, 0.25) is 5.02 Å². The number of hydrogen-bond donors (Lipinski definition) is 1. The van der Waals surface area contributed by atoms with Crippen molar-refractivity contribution in [2.24, 2.45) is 0 Å². The highest BCUT2D eigenvalue weighted by Crippen LogP contribution is 2.33. The number of aromatic nitrogens is 1. The SMILES string of the molecule is CNc1nc2cc(F)cc(Cl)c2cc1C(C)(C)C. The Balaban J connectivity index is 2.82. The van der Waals surface area contributed by atoms with Crippen LogP contribution in [-0.2, 0) is 5.41 Å². The fourth-order valence-electron chi connectivity index (χ4n) is 1.96. The maximum absolute atomic E-state index is 13.3. The molecule has 1 aromatic heterocycles. The summed E-state index contributed by atoms with van der Waals surface area (Å²) in [4.78, 5) is 4.45. The maximum atomic E-state index is 13.3. The number of fused-ring (bicyclic) bond motifs is 1. The Labute approximate surface area is 111 Å². The Morgan fingerprint density at radius 1 is 1.22 bits per heavy atom. The maximum Gasteiger partial charge on any atom is 0.130 e. The van der Waals surface area contributed by atoms with Crippen molar-refractivity contribution in [1.82, 2.24) is 4.98 Å². The topological polar surface area (TPSA) is 24.9 Å². The Morgan fingerprint density at radius 3 is 2.44 bits per heavy atom. The molecule has 0 saturated carbocycles. The van der Waals surface area contributed by atoms with Gasteiger partial charge in [-0.3, -0.25) is 0 Å². The third-order valence-corrected chi connectivity index (χ3v) is 3.21. The zero-order valence-electron chi connectivity index (χ0n) is 10.9. The van der Waals surface area contributed by atoms with Gasteiger partial charge in [-0.05, 0) is 17.5 Å². The van der Waals surface area contributed by atoms with Crippen LogP contribution in [0.15, 0.2) is 18.2 Å². The molecule has 96 valence electrons. The van der Waals surface area contributed by atoms with Gasteiger partial charge in [-0.2, -0.15) is 0 Å². The predicted octanol–water partition coefficient (Wildman–Crippen LogP) is 4.37. The Bertz CT molecular complexity index is 603. The van der Waals surface area contributed by atoms with Crippen LogP contribution in [0.25, 0.3) is 10.9 Å². The van der Waals surface area contributed by atoms with E-state index in [9.17, 15) is 4.39 Å². The normalized spacial score (nSPS) is 11.9. The number of halogens is 2. The summed E-state index contributed by atoms with van der Waals surface area (Å²) in [5.74, 6) is 0.391. The summed E-state index contributed by atoms with van der Waals surface area (Å²) in [7, 11) is 1.81. The van der Waals surface area contributed by atoms with Crippen molar-refractivity contribution in [3.63, 3.8) is 0 Å². The monoisotopic (exact) mass is 266 g/mol. The van der Waals surface area contributed by atoms with Crippen LogP contribution in [0, 0.1) is 5.82 Å². The minimum atomic E-state index is -0.370. The predicted molar refractivity (Wildman–Crippen MR) is 75.0 cm³/mol. The summed E-state index contributed by atoms with van der Waals surface area (Å²) < 4.78 is 13.3. The van der Waals surface area contributed by atoms with Crippen molar-refractivity contribution in [1.29, 1.82) is 0 Å². The van der Waals surface area contributed by atoms with E-state index in [-0.39, 0.29) is 11.2 Å². The van der Waals surface area contributed by atoms with E-state index in [1.54, 1.807) is 0 Å². The van der Waals surface area contributed by atoms with Gasteiger partial charge in [0.15, 0.2) is 0 Å². The van der Waals surface area contributed by atoms with Crippen molar-refractivity contribution in [3.8, 4) is 0 Å². The molecular weight excluding hydrogens is 251 g/mol. The van der Waals surface area contributed by atoms with Gasteiger partial charge in [0.2, 0.25) is 0 Å². The van der Waals surface area contributed by atoms with Gasteiger partial charge in [0.05, 0.1) is 10.5 Å². The zero-order chi connectivity index (χ0) is 13.5. The minimum Gasteiger partial charge on any atom is -0.373 e. The molecule has 0 aliphatic heterocycles. The van der Waals surface area contributed by atoms with Crippen molar-refractivity contribution in [2.45, 2.75) is 26.2 Å². The van der Waals surface area contributed by atoms with E-state index in [1.807, 2.05) is 13.1 Å². The molecule has 0 atom stereocenters. The summed E-state index contributed by atoms with van der Waals surface area (Å²) >= 11 is 6.08. The van der Waals surface area contributed by atoms with Gasteiger partial charge in [0.1, 0.15) is 11.6 Å². The molecule has 0 aliphatic carbocycles. The van der Waals surface area contributed by atoms with Gasteiger partial charge >= 0.3 is 0 Å². The molecule has 2 nitrogen and oxygen atoms in total. The Kier molecular flexibility index (Phi) is 3.20. The lowest BCUT2D eigenvalue weighted by atomic mass is 9.86. The third-order valence-electron chi connectivity index (χ3n) is 2.89. The minimum absolute atomic E-state index is 0.0583. The second-order valence-electron chi connectivity index (χ2n) is 5.34. The standard InChI is InChI=1S/C14H16ClFN2/c1-14(2,3)10-7-9-11(15)5-8(16)6-12(9)18-13(10)17-4/h5-7H,1-4H3,(H,17,18). The van der Waals surface area contributed by atoms with Gasteiger partial charge in [-0.25, -0.2) is 9.37 Å². The van der Waals surface area contributed by atoms with Crippen molar-refractivity contribution in [2.75, 3.05) is 12.4 Å². The van der Waals surface area contributed by atoms with E-state index in [0.717, 1.165) is 16.8 Å². The molecule has 0 fully saturated rings. The number of rotatable bonds is 1. The molecule has 0 amide bonds. The van der Waals surface area contributed by atoms with Crippen LogP contribution in [0.3, 0.4) is 0 Å². The highest BCUT2D eigenvalue weighted by atomic mass is 35.5. The van der Waals surface area contributed by atoms with Crippen LogP contribution in [0.4, 0.5) is 10.2 Å². The average molecular weight is 267 g/mol. The molecule has 0 saturated heterocycles. The molecule has 1 heterocycles. The van der Waals surface area contributed by atoms with Crippen LogP contribution in [0.5, 0.6) is 0 Å². The van der Waals surface area contributed by atoms with Crippen molar-refractivity contribution in [3.05, 3.63) is 34.6 Å². The summed E-state index contributed by atoms with van der Waals surface area (Å²) in [6.45, 7) is 6.32. The first-order valence-electron chi connectivity index (χ1n) is 5.81. The summed E-state index contributed by atoms with van der Waals surface area (Å²) in [6, 6.07) is 4.70. The quantitative estimate of drug-likeness (QED) is 0.829. The Hall–Kier alpha value is -1.35. The molecule has 2 rings (SSSR count). The molecule has 1 aromatic carbocycles. The van der Waals surface area contributed by atoms with E-state index >= 15 is 0 Å². The first kappa shape index (κ1) is 13.1. The Morgan fingerprint density at radius 2 is 1.89 bits per heavy atom. The van der Waals surface area contributed by atoms with Crippen LogP contribution in [-0.4, -0.2) is 12.0 Å². The van der Waals surface area contributed by atoms with Gasteiger partial charge in [-0.15, -0.1) is 0 Å². The smallest absolute Gasteiger partial charge is 0.130 e. The van der Waals surface area contributed by atoms with Gasteiger partial charge < -0.3 is 5.32 Å². The zero-order valence-corrected chi connectivity index (χ0v) is 11.7. The molecule has 0 bridgehead atoms. The highest BCUT2D eigenvalue weighted by molar-refractivity contribution is 6.35. The summed E-state index contributed by atoms with van der Waals surface area (Å²) in [5.41, 5.74) is 1.57. The van der Waals surface area contributed by atoms with Gasteiger partial charge in [-0.1, -0.05) is 32.4 Å². The fourth-order valence-corrected chi connectivity index (χ4v) is 2.22. The molecule has 0 radical (unpaired) electrons. The lowest BCUT2D eigenvalue weighted by Gasteiger charge is -2.22. The number of nitrogens with zero attached hydrogens (tertiary/aromatic N) is 1. The van der Waals surface area contributed by atoms with E-state index in [2.05, 4.69) is 31.1 Å². The molecule has 0 spiro atoms. The molecule has 2 aromatic rings. The van der Waals surface area contributed by atoms with Crippen molar-refractivity contribution >= 4 is 28.3 Å². The van der Waals surface area contributed by atoms with E-state index in [4.69, 9.17) is 11.6 Å². The van der Waals surface area contributed by atoms with Crippen LogP contribution < -0.4 is 5.32 Å². The van der Waals surface area contributed by atoms with E-state index in [1.165, 1.54) is 12.1 Å². The number of hydrogen-bond acceptors (Lipinski definition) is 2. The first-order valence-corrected chi connectivity index (χ1v) is 6.19. The third kappa shape index (κ3) is 2.27. The number of nitrogens with one attached hydrogen (secondary N) is 1. The molecule has 1 N–H and O–H groups in total. The van der Waals surface area contributed by atoms with Crippen molar-refractivity contribution < 1.29 is 4.39 Å². The van der Waals surface area contributed by atoms with E-state index in [0.29, 0.717) is 10.5 Å². The molecule has 18 heavy (non-hydrogen) atoms. The lowest BCUT2D eigenvalue weighted by Crippen LogP contribution is -2.15. The van der Waals surface area contributed by atoms with E-state index < -0.39 is 0 Å². The summed E-state index contributed by atoms with van der Waals surface area (Å²) in [5, 5.41) is 4.23. The van der Waals surface area contributed by atoms with Gasteiger partial charge in [0.25, 0.3) is 0 Å². The first-order chi connectivity index (χ1) is 8.32. The molecular formula is C14H16ClFN2. The molecule has 0 unspecified atom stereocenters. The largest absolute Gasteiger partial charge is 0.373 e. The fraction of sp³-hybridized carbons (Fsp3) is 0.357. The molecule has 0 aliphatic rings. The highest BCUT2D eigenvalue weighted by Gasteiger charge is 2.20. The number of benzene rings is 1. The average Bonchev–Trinajstić information content (AvgIpc) is 2.25. The lowest BCUT2D eigenvalue weighted by molar-refractivity contribution is 0.591.